The minimum atomic E-state index is -0.400. The third-order valence-corrected chi connectivity index (χ3v) is 3.51. The van der Waals surface area contributed by atoms with Crippen LogP contribution in [0.5, 0.6) is 0 Å². The Balaban J connectivity index is 1.77. The van der Waals surface area contributed by atoms with Gasteiger partial charge in [0.05, 0.1) is 11.5 Å². The maximum absolute atomic E-state index is 10.8. The first-order valence-corrected chi connectivity index (χ1v) is 7.08. The molecule has 1 N–H and O–H groups in total. The maximum atomic E-state index is 10.8. The number of aromatic nitrogens is 3. The minimum absolute atomic E-state index is 0.0838. The molecule has 116 valence electrons. The normalized spacial score (nSPS) is 10.5. The third kappa shape index (κ3) is 3.18. The molecule has 3 aromatic rings. The molecule has 0 unspecified atom stereocenters. The van der Waals surface area contributed by atoms with Crippen molar-refractivity contribution in [1.82, 2.24) is 14.8 Å². The zero-order chi connectivity index (χ0) is 16.2. The van der Waals surface area contributed by atoms with Gasteiger partial charge in [-0.2, -0.15) is 0 Å². The molecule has 0 bridgehead atoms. The highest BCUT2D eigenvalue weighted by molar-refractivity contribution is 5.55. The number of nitrogens with zero attached hydrogens (tertiary/aromatic N) is 4. The summed E-state index contributed by atoms with van der Waals surface area (Å²) in [4.78, 5) is 10.4. The van der Waals surface area contributed by atoms with Crippen LogP contribution in [0, 0.1) is 17.0 Å². The Morgan fingerprint density at radius 2 is 2.00 bits per heavy atom. The molecule has 23 heavy (non-hydrogen) atoms. The number of anilines is 1. The Hall–Kier alpha value is -3.22. The van der Waals surface area contributed by atoms with Crippen molar-refractivity contribution in [2.75, 3.05) is 5.32 Å². The lowest BCUT2D eigenvalue weighted by molar-refractivity contribution is -0.384. The van der Waals surface area contributed by atoms with Crippen molar-refractivity contribution in [2.45, 2.75) is 13.5 Å². The van der Waals surface area contributed by atoms with Gasteiger partial charge < -0.3 is 5.32 Å². The van der Waals surface area contributed by atoms with Crippen LogP contribution in [-0.2, 0) is 6.54 Å². The molecule has 0 aliphatic heterocycles. The van der Waals surface area contributed by atoms with Gasteiger partial charge in [-0.3, -0.25) is 14.7 Å². The summed E-state index contributed by atoms with van der Waals surface area (Å²) in [7, 11) is 0. The smallest absolute Gasteiger partial charge is 0.269 e. The van der Waals surface area contributed by atoms with E-state index in [9.17, 15) is 10.1 Å². The topological polar surface area (TPSA) is 85.9 Å². The summed E-state index contributed by atoms with van der Waals surface area (Å²) >= 11 is 0. The van der Waals surface area contributed by atoms with Crippen molar-refractivity contribution < 1.29 is 4.92 Å². The van der Waals surface area contributed by atoms with Crippen LogP contribution in [0.15, 0.2) is 54.9 Å². The number of nitro benzene ring substituents is 1. The van der Waals surface area contributed by atoms with E-state index in [0.717, 1.165) is 22.8 Å². The monoisotopic (exact) mass is 309 g/mol. The van der Waals surface area contributed by atoms with E-state index in [4.69, 9.17) is 0 Å². The Bertz CT molecular complexity index is 829. The molecule has 3 rings (SSSR count). The summed E-state index contributed by atoms with van der Waals surface area (Å²) in [5, 5.41) is 22.1. The van der Waals surface area contributed by atoms with Gasteiger partial charge in [0.1, 0.15) is 6.33 Å². The Morgan fingerprint density at radius 1 is 1.22 bits per heavy atom. The second kappa shape index (κ2) is 6.27. The summed E-state index contributed by atoms with van der Waals surface area (Å²) in [5.74, 6) is 0.758. The van der Waals surface area contributed by atoms with E-state index < -0.39 is 4.92 Å². The Labute approximate surface area is 132 Å². The molecule has 1 aromatic heterocycles. The van der Waals surface area contributed by atoms with E-state index in [0.29, 0.717) is 6.54 Å². The zero-order valence-corrected chi connectivity index (χ0v) is 12.5. The van der Waals surface area contributed by atoms with E-state index in [1.54, 1.807) is 18.5 Å². The number of hydrogen-bond donors (Lipinski definition) is 1. The van der Waals surface area contributed by atoms with Crippen molar-refractivity contribution in [3.05, 3.63) is 76.4 Å². The summed E-state index contributed by atoms with van der Waals surface area (Å²) in [6.45, 7) is 2.30. The van der Waals surface area contributed by atoms with E-state index in [-0.39, 0.29) is 5.69 Å². The number of nitro groups is 1. The molecule has 0 aliphatic carbocycles. The lowest BCUT2D eigenvalue weighted by Crippen LogP contribution is -2.08. The van der Waals surface area contributed by atoms with Gasteiger partial charge in [0.25, 0.3) is 5.69 Å². The number of rotatable bonds is 5. The molecule has 2 aromatic carbocycles. The van der Waals surface area contributed by atoms with E-state index in [2.05, 4.69) is 15.5 Å². The van der Waals surface area contributed by atoms with Gasteiger partial charge in [-0.1, -0.05) is 18.2 Å². The van der Waals surface area contributed by atoms with Crippen molar-refractivity contribution in [2.24, 2.45) is 0 Å². The first-order valence-electron chi connectivity index (χ1n) is 7.08. The van der Waals surface area contributed by atoms with Crippen LogP contribution >= 0.6 is 0 Å². The maximum Gasteiger partial charge on any atom is 0.269 e. The van der Waals surface area contributed by atoms with Crippen molar-refractivity contribution in [3.8, 4) is 5.69 Å². The Morgan fingerprint density at radius 3 is 2.70 bits per heavy atom. The molecular formula is C16H15N5O2. The third-order valence-electron chi connectivity index (χ3n) is 3.51. The van der Waals surface area contributed by atoms with Crippen LogP contribution in [0.1, 0.15) is 11.4 Å². The first kappa shape index (κ1) is 14.7. The molecule has 7 nitrogen and oxygen atoms in total. The standard InChI is InChI=1S/C16H15N5O2/c1-12-9-14(21(22)23)7-8-15(12)17-10-16-19-18-11-20(16)13-5-3-2-4-6-13/h2-9,11,17H,10H2,1H3. The highest BCUT2D eigenvalue weighted by atomic mass is 16.6. The average Bonchev–Trinajstić information content (AvgIpc) is 3.03. The summed E-state index contributed by atoms with van der Waals surface area (Å²) in [5.41, 5.74) is 2.71. The van der Waals surface area contributed by atoms with Crippen LogP contribution in [0.25, 0.3) is 5.69 Å². The predicted molar refractivity (Wildman–Crippen MR) is 86.5 cm³/mol. The first-order chi connectivity index (χ1) is 11.1. The summed E-state index contributed by atoms with van der Waals surface area (Å²) in [6, 6.07) is 14.5. The van der Waals surface area contributed by atoms with Gasteiger partial charge in [0.15, 0.2) is 5.82 Å². The van der Waals surface area contributed by atoms with Crippen LogP contribution < -0.4 is 5.32 Å². The fourth-order valence-corrected chi connectivity index (χ4v) is 2.32. The fraction of sp³-hybridized carbons (Fsp3) is 0.125. The average molecular weight is 309 g/mol. The molecule has 0 saturated heterocycles. The predicted octanol–water partition coefficient (Wildman–Crippen LogP) is 3.10. The Kier molecular flexibility index (Phi) is 4.01. The molecular weight excluding hydrogens is 294 g/mol. The number of hydrogen-bond acceptors (Lipinski definition) is 5. The molecule has 1 heterocycles. The van der Waals surface area contributed by atoms with Gasteiger partial charge in [-0.05, 0) is 30.7 Å². The molecule has 0 fully saturated rings. The van der Waals surface area contributed by atoms with Gasteiger partial charge in [-0.25, -0.2) is 0 Å². The number of nitrogens with one attached hydrogen (secondary N) is 1. The quantitative estimate of drug-likeness (QED) is 0.578. The van der Waals surface area contributed by atoms with Crippen LogP contribution in [0.4, 0.5) is 11.4 Å². The molecule has 0 amide bonds. The SMILES string of the molecule is Cc1cc([N+](=O)[O-])ccc1NCc1nncn1-c1ccccc1. The molecule has 7 heteroatoms. The van der Waals surface area contributed by atoms with Crippen molar-refractivity contribution in [1.29, 1.82) is 0 Å². The van der Waals surface area contributed by atoms with Crippen LogP contribution in [-0.4, -0.2) is 19.7 Å². The minimum Gasteiger partial charge on any atom is -0.378 e. The van der Waals surface area contributed by atoms with Gasteiger partial charge in [0.2, 0.25) is 0 Å². The van der Waals surface area contributed by atoms with Gasteiger partial charge in [-0.15, -0.1) is 10.2 Å². The molecule has 0 atom stereocenters. The van der Waals surface area contributed by atoms with E-state index in [1.165, 1.54) is 6.07 Å². The number of para-hydroxylation sites is 1. The fourth-order valence-electron chi connectivity index (χ4n) is 2.32. The zero-order valence-electron chi connectivity index (χ0n) is 12.5. The largest absolute Gasteiger partial charge is 0.378 e. The summed E-state index contributed by atoms with van der Waals surface area (Å²) < 4.78 is 1.90. The van der Waals surface area contributed by atoms with Crippen molar-refractivity contribution >= 4 is 11.4 Å². The van der Waals surface area contributed by atoms with E-state index in [1.807, 2.05) is 41.8 Å². The lowest BCUT2D eigenvalue weighted by Gasteiger charge is -2.10. The van der Waals surface area contributed by atoms with Gasteiger partial charge >= 0.3 is 0 Å². The summed E-state index contributed by atoms with van der Waals surface area (Å²) in [6.07, 6.45) is 1.66. The lowest BCUT2D eigenvalue weighted by atomic mass is 10.2. The van der Waals surface area contributed by atoms with Crippen molar-refractivity contribution in [3.63, 3.8) is 0 Å². The molecule has 0 saturated carbocycles. The molecule has 0 aliphatic rings. The van der Waals surface area contributed by atoms with Crippen LogP contribution in [0.3, 0.4) is 0 Å². The second-order valence-electron chi connectivity index (χ2n) is 5.06. The number of benzene rings is 2. The highest BCUT2D eigenvalue weighted by Gasteiger charge is 2.10. The van der Waals surface area contributed by atoms with E-state index >= 15 is 0 Å². The molecule has 0 spiro atoms. The van der Waals surface area contributed by atoms with Crippen LogP contribution in [0.2, 0.25) is 0 Å². The number of non-ortho nitro benzene ring substituents is 1. The van der Waals surface area contributed by atoms with Gasteiger partial charge in [0, 0.05) is 23.5 Å². The highest BCUT2D eigenvalue weighted by Crippen LogP contribution is 2.21. The second-order valence-corrected chi connectivity index (χ2v) is 5.06. The number of aryl methyl sites for hydroxylation is 1. The molecule has 0 radical (unpaired) electrons.